The number of thiazole rings is 1. The van der Waals surface area contributed by atoms with E-state index in [2.05, 4.69) is 31.8 Å². The molecule has 2 aliphatic rings. The second kappa shape index (κ2) is 5.78. The zero-order valence-electron chi connectivity index (χ0n) is 14.9. The molecule has 130 valence electrons. The Labute approximate surface area is 157 Å². The van der Waals surface area contributed by atoms with E-state index in [1.54, 1.807) is 11.3 Å². The summed E-state index contributed by atoms with van der Waals surface area (Å²) in [5, 5.41) is 0.732. The van der Waals surface area contributed by atoms with Crippen molar-refractivity contribution in [1.82, 2.24) is 4.98 Å². The van der Waals surface area contributed by atoms with Gasteiger partial charge in [-0.3, -0.25) is 4.79 Å². The van der Waals surface area contributed by atoms with E-state index in [1.165, 1.54) is 10.5 Å². The van der Waals surface area contributed by atoms with Gasteiger partial charge in [0.05, 0.1) is 16.6 Å². The van der Waals surface area contributed by atoms with Crippen LogP contribution < -0.4 is 0 Å². The first-order valence-corrected chi connectivity index (χ1v) is 10.1. The lowest BCUT2D eigenvalue weighted by Crippen LogP contribution is -2.42. The molecular weight excluding hydrogens is 350 g/mol. The molecule has 0 radical (unpaired) electrons. The fourth-order valence-electron chi connectivity index (χ4n) is 4.79. The molecule has 1 unspecified atom stereocenters. The number of benzene rings is 1. The average molecular weight is 372 g/mol. The van der Waals surface area contributed by atoms with Crippen LogP contribution >= 0.6 is 22.9 Å². The zero-order chi connectivity index (χ0) is 17.8. The lowest BCUT2D eigenvalue weighted by Gasteiger charge is -2.45. The van der Waals surface area contributed by atoms with Gasteiger partial charge in [0.25, 0.3) is 0 Å². The Balaban J connectivity index is 2.06. The molecule has 0 saturated carbocycles. The summed E-state index contributed by atoms with van der Waals surface area (Å²) in [6.45, 7) is 6.54. The molecule has 1 aromatic heterocycles. The van der Waals surface area contributed by atoms with Gasteiger partial charge >= 0.3 is 0 Å². The summed E-state index contributed by atoms with van der Waals surface area (Å²) in [6, 6.07) is 7.98. The number of nitrogens with zero attached hydrogens (tertiary/aromatic N) is 1. The first kappa shape index (κ1) is 17.0. The van der Waals surface area contributed by atoms with E-state index in [0.717, 1.165) is 41.1 Å². The van der Waals surface area contributed by atoms with Crippen molar-refractivity contribution in [2.45, 2.75) is 51.9 Å². The highest BCUT2D eigenvalue weighted by molar-refractivity contribution is 7.10. The highest BCUT2D eigenvalue weighted by Crippen LogP contribution is 2.55. The Morgan fingerprint density at radius 3 is 2.72 bits per heavy atom. The van der Waals surface area contributed by atoms with Crippen molar-refractivity contribution in [3.8, 4) is 0 Å². The summed E-state index contributed by atoms with van der Waals surface area (Å²) in [6.07, 6.45) is 3.18. The number of allylic oxidation sites excluding steroid dienone is 2. The third-order valence-electron chi connectivity index (χ3n) is 5.66. The minimum atomic E-state index is -0.448. The summed E-state index contributed by atoms with van der Waals surface area (Å²) in [4.78, 5) is 19.2. The maximum Gasteiger partial charge on any atom is 0.160 e. The van der Waals surface area contributed by atoms with Gasteiger partial charge in [-0.2, -0.15) is 0 Å². The molecule has 0 fully saturated rings. The highest BCUT2D eigenvalue weighted by atomic mass is 35.5. The number of rotatable bonds is 2. The fourth-order valence-corrected chi connectivity index (χ4v) is 6.19. The molecule has 2 aliphatic carbocycles. The third kappa shape index (κ3) is 2.43. The van der Waals surface area contributed by atoms with Gasteiger partial charge in [0.15, 0.2) is 5.78 Å². The van der Waals surface area contributed by atoms with E-state index in [-0.39, 0.29) is 11.2 Å². The van der Waals surface area contributed by atoms with Gasteiger partial charge in [0.2, 0.25) is 0 Å². The molecule has 0 amide bonds. The summed E-state index contributed by atoms with van der Waals surface area (Å²) in [5.41, 5.74) is 5.92. The van der Waals surface area contributed by atoms with E-state index >= 15 is 0 Å². The van der Waals surface area contributed by atoms with Gasteiger partial charge in [-0.1, -0.05) is 56.1 Å². The second-order valence-corrected chi connectivity index (χ2v) is 9.23. The number of Topliss-reactive ketones (excluding diaryl/α,β-unsaturated/α-hetero) is 1. The maximum absolute atomic E-state index is 13.3. The van der Waals surface area contributed by atoms with Gasteiger partial charge < -0.3 is 0 Å². The van der Waals surface area contributed by atoms with Crippen molar-refractivity contribution < 1.29 is 4.79 Å². The lowest BCUT2D eigenvalue weighted by molar-refractivity contribution is -0.118. The first-order chi connectivity index (χ1) is 11.9. The molecule has 4 rings (SSSR count). The van der Waals surface area contributed by atoms with Crippen LogP contribution in [0.4, 0.5) is 0 Å². The van der Waals surface area contributed by atoms with Crippen molar-refractivity contribution in [3.05, 3.63) is 62.1 Å². The Bertz CT molecular complexity index is 895. The molecular formula is C21H22ClNOS. The predicted octanol–water partition coefficient (Wildman–Crippen LogP) is 5.73. The molecule has 0 aliphatic heterocycles. The number of hydrogen-bond acceptors (Lipinski definition) is 3. The van der Waals surface area contributed by atoms with Gasteiger partial charge in [-0.15, -0.1) is 11.3 Å². The van der Waals surface area contributed by atoms with Crippen molar-refractivity contribution in [1.29, 1.82) is 0 Å². The van der Waals surface area contributed by atoms with Crippen LogP contribution in [-0.4, -0.2) is 10.8 Å². The largest absolute Gasteiger partial charge is 0.294 e. The highest BCUT2D eigenvalue weighted by Gasteiger charge is 2.50. The molecule has 0 saturated heterocycles. The Morgan fingerprint density at radius 1 is 1.24 bits per heavy atom. The van der Waals surface area contributed by atoms with E-state index in [4.69, 9.17) is 11.6 Å². The zero-order valence-corrected chi connectivity index (χ0v) is 16.4. The predicted molar refractivity (Wildman–Crippen MR) is 103 cm³/mol. The third-order valence-corrected chi connectivity index (χ3v) is 7.02. The molecule has 0 spiro atoms. The number of carbonyl (C=O) groups is 1. The van der Waals surface area contributed by atoms with Crippen LogP contribution in [0.5, 0.6) is 0 Å². The van der Waals surface area contributed by atoms with E-state index < -0.39 is 5.41 Å². The van der Waals surface area contributed by atoms with E-state index in [1.807, 2.05) is 23.7 Å². The number of fused-ring (bicyclic) bond motifs is 1. The normalized spacial score (nSPS) is 24.9. The summed E-state index contributed by atoms with van der Waals surface area (Å²) in [7, 11) is 0. The quantitative estimate of drug-likeness (QED) is 0.674. The second-order valence-electron chi connectivity index (χ2n) is 7.96. The molecule has 4 heteroatoms. The molecule has 1 atom stereocenters. The smallest absolute Gasteiger partial charge is 0.160 e. The number of halogens is 1. The maximum atomic E-state index is 13.3. The summed E-state index contributed by atoms with van der Waals surface area (Å²) in [5.74, 6) is 0.284. The van der Waals surface area contributed by atoms with Crippen LogP contribution in [0.3, 0.4) is 0 Å². The number of hydrogen-bond donors (Lipinski definition) is 0. The Hall–Kier alpha value is -1.45. The van der Waals surface area contributed by atoms with Crippen molar-refractivity contribution in [3.63, 3.8) is 0 Å². The van der Waals surface area contributed by atoms with E-state index in [0.29, 0.717) is 6.42 Å². The van der Waals surface area contributed by atoms with Crippen molar-refractivity contribution in [2.24, 2.45) is 5.41 Å². The first-order valence-electron chi connectivity index (χ1n) is 8.82. The van der Waals surface area contributed by atoms with Crippen LogP contribution in [0, 0.1) is 5.41 Å². The van der Waals surface area contributed by atoms with E-state index in [9.17, 15) is 4.79 Å². The summed E-state index contributed by atoms with van der Waals surface area (Å²) >= 11 is 8.31. The van der Waals surface area contributed by atoms with Gasteiger partial charge in [-0.05, 0) is 29.9 Å². The Morgan fingerprint density at radius 2 is 2.00 bits per heavy atom. The lowest BCUT2D eigenvalue weighted by atomic mass is 9.59. The standard InChI is InChI=1S/C21H22ClNOS/c1-4-21(14-7-5-6-8-15(14)22)18-13(9-16-19(21)25-12-23-16)10-20(2,3)11-17(18)24/h5-8,12H,4,9-11H2,1-3H3. The van der Waals surface area contributed by atoms with Crippen LogP contribution in [0.2, 0.25) is 5.02 Å². The molecule has 1 heterocycles. The Kier molecular flexibility index (Phi) is 3.93. The minimum absolute atomic E-state index is 0.0173. The fraction of sp³-hybridized carbons (Fsp3) is 0.429. The molecule has 25 heavy (non-hydrogen) atoms. The monoisotopic (exact) mass is 371 g/mol. The summed E-state index contributed by atoms with van der Waals surface area (Å²) < 4.78 is 0. The topological polar surface area (TPSA) is 30.0 Å². The van der Waals surface area contributed by atoms with Crippen LogP contribution in [0.15, 0.2) is 40.9 Å². The van der Waals surface area contributed by atoms with Crippen molar-refractivity contribution in [2.75, 3.05) is 0 Å². The molecule has 2 nitrogen and oxygen atoms in total. The van der Waals surface area contributed by atoms with Crippen molar-refractivity contribution >= 4 is 28.7 Å². The van der Waals surface area contributed by atoms with Crippen LogP contribution in [-0.2, 0) is 16.6 Å². The van der Waals surface area contributed by atoms with Gasteiger partial charge in [-0.25, -0.2) is 4.98 Å². The molecule has 1 aromatic carbocycles. The number of ketones is 1. The molecule has 0 bridgehead atoms. The van der Waals surface area contributed by atoms with Crippen LogP contribution in [0.1, 0.15) is 56.2 Å². The number of aromatic nitrogens is 1. The minimum Gasteiger partial charge on any atom is -0.294 e. The molecule has 0 N–H and O–H groups in total. The average Bonchev–Trinajstić information content (AvgIpc) is 3.01. The van der Waals surface area contributed by atoms with Gasteiger partial charge in [0.1, 0.15) is 0 Å². The number of carbonyl (C=O) groups excluding carboxylic acids is 1. The molecule has 2 aromatic rings. The van der Waals surface area contributed by atoms with Gasteiger partial charge in [0, 0.05) is 28.3 Å². The SMILES string of the molecule is CCC1(c2ccccc2Cl)C2=C(Cc3ncsc31)CC(C)(C)CC2=O. The van der Waals surface area contributed by atoms with Crippen LogP contribution in [0.25, 0.3) is 0 Å².